The van der Waals surface area contributed by atoms with Gasteiger partial charge in [-0.3, -0.25) is 72.9 Å². The van der Waals surface area contributed by atoms with E-state index in [2.05, 4.69) is 0 Å². The van der Waals surface area contributed by atoms with Crippen LogP contribution in [0.25, 0.3) is 0 Å². The molecule has 2 rings (SSSR count). The average Bonchev–Trinajstić information content (AvgIpc) is 3.21. The van der Waals surface area contributed by atoms with Gasteiger partial charge in [0.15, 0.2) is 0 Å². The van der Waals surface area contributed by atoms with E-state index in [1.165, 1.54) is 0 Å². The monoisotopic (exact) mass is 954 g/mol. The van der Waals surface area contributed by atoms with E-state index in [1.54, 1.807) is 29.4 Å². The summed E-state index contributed by atoms with van der Waals surface area (Å²) >= 11 is 0. The number of carboxylic acids is 6. The zero-order chi connectivity index (χ0) is 48.9. The van der Waals surface area contributed by atoms with Crippen molar-refractivity contribution in [1.29, 1.82) is 0 Å². The SMILES string of the molecule is O=C(O)CN1CCN(CC(=O)O)CCN(CC(O)CN(CCOCCOCCO)CC(O)CN2CCN(CC(=O)O)CCN(CC(=O)O)CCN(CC(=O)O)CC2)CCN(CC(=O)O)CC1. The van der Waals surface area contributed by atoms with E-state index < -0.39 is 48.0 Å². The van der Waals surface area contributed by atoms with Crippen molar-refractivity contribution in [2.45, 2.75) is 12.2 Å². The maximum absolute atomic E-state index is 11.8. The van der Waals surface area contributed by atoms with Crippen molar-refractivity contribution in [1.82, 2.24) is 44.1 Å². The number of aliphatic hydroxyl groups excluding tert-OH is 3. The second-order valence-corrected chi connectivity index (χ2v) is 16.6. The molecular weight excluding hydrogens is 878 g/mol. The van der Waals surface area contributed by atoms with E-state index >= 15 is 0 Å². The largest absolute Gasteiger partial charge is 0.480 e. The molecule has 2 atom stereocenters. The number of nitrogens with zero attached hydrogens (tertiary/aromatic N) is 9. The van der Waals surface area contributed by atoms with Crippen LogP contribution in [0.4, 0.5) is 0 Å². The Morgan fingerprint density at radius 1 is 0.379 bits per heavy atom. The summed E-state index contributed by atoms with van der Waals surface area (Å²) in [7, 11) is 0. The zero-order valence-corrected chi connectivity index (χ0v) is 38.1. The summed E-state index contributed by atoms with van der Waals surface area (Å²) < 4.78 is 11.0. The normalized spacial score (nSPS) is 19.8. The van der Waals surface area contributed by atoms with Gasteiger partial charge in [-0.05, 0) is 0 Å². The molecular formula is C40H75N9O17. The van der Waals surface area contributed by atoms with E-state index in [0.29, 0.717) is 26.2 Å². The average molecular weight is 954 g/mol. The van der Waals surface area contributed by atoms with Crippen molar-refractivity contribution in [3.8, 4) is 0 Å². The standard InChI is InChI=1S/C40H75N9O17/c50-18-20-66-22-21-65-19-17-49(25-33(51)23-41-1-5-43(27-35(53)54)9-13-47(31-39(61)62)14-10-44(6-2-41)28-36(55)56)26-34(52)24-42-3-7-45(29-37(57)58)11-15-48(32-40(63)64)16-12-46(8-4-42)30-38(59)60/h33-34,50-52H,1-32H2,(H,53,54)(H,55,56)(H,57,58)(H,59,60)(H,61,62)(H,63,64). The van der Waals surface area contributed by atoms with E-state index in [4.69, 9.17) is 14.6 Å². The molecule has 0 spiro atoms. The Hall–Kier alpha value is -3.74. The molecule has 26 heteroatoms. The Balaban J connectivity index is 2.27. The van der Waals surface area contributed by atoms with Gasteiger partial charge in [-0.1, -0.05) is 0 Å². The molecule has 66 heavy (non-hydrogen) atoms. The molecule has 2 saturated heterocycles. The molecule has 0 saturated carbocycles. The van der Waals surface area contributed by atoms with Crippen LogP contribution < -0.4 is 0 Å². The predicted octanol–water partition coefficient (Wildman–Crippen LogP) is -6.01. The summed E-state index contributed by atoms with van der Waals surface area (Å²) in [6, 6.07) is 0. The number of hydrogen-bond donors (Lipinski definition) is 9. The fourth-order valence-corrected chi connectivity index (χ4v) is 7.76. The second kappa shape index (κ2) is 33.7. The first-order valence-corrected chi connectivity index (χ1v) is 22.3. The van der Waals surface area contributed by atoms with Crippen LogP contribution >= 0.6 is 0 Å². The van der Waals surface area contributed by atoms with E-state index in [9.17, 15) is 69.6 Å². The molecule has 2 unspecified atom stereocenters. The quantitative estimate of drug-likeness (QED) is 0.0330. The number of ether oxygens (including phenoxy) is 2. The maximum atomic E-state index is 11.8. The van der Waals surface area contributed by atoms with Gasteiger partial charge in [0.25, 0.3) is 0 Å². The molecule has 2 aliphatic heterocycles. The fourth-order valence-electron chi connectivity index (χ4n) is 7.76. The number of carboxylic acid groups (broad SMARTS) is 6. The molecule has 0 aliphatic carbocycles. The molecule has 382 valence electrons. The highest BCUT2D eigenvalue weighted by Crippen LogP contribution is 2.07. The number of aliphatic carboxylic acids is 6. The van der Waals surface area contributed by atoms with E-state index in [1.807, 2.05) is 14.7 Å². The molecule has 2 aliphatic rings. The van der Waals surface area contributed by atoms with Crippen molar-refractivity contribution in [2.24, 2.45) is 0 Å². The summed E-state index contributed by atoms with van der Waals surface area (Å²) in [5.41, 5.74) is 0. The highest BCUT2D eigenvalue weighted by atomic mass is 16.5. The fraction of sp³-hybridized carbons (Fsp3) is 0.850. The number of carbonyl (C=O) groups is 6. The molecule has 2 heterocycles. The van der Waals surface area contributed by atoms with Gasteiger partial charge >= 0.3 is 35.8 Å². The lowest BCUT2D eigenvalue weighted by Crippen LogP contribution is -2.51. The topological polar surface area (TPSA) is 332 Å². The van der Waals surface area contributed by atoms with Gasteiger partial charge in [0.05, 0.1) is 84.5 Å². The minimum atomic E-state index is -1.06. The second-order valence-electron chi connectivity index (χ2n) is 16.6. The molecule has 0 aromatic heterocycles. The number of hydrogen-bond acceptors (Lipinski definition) is 20. The van der Waals surface area contributed by atoms with Crippen LogP contribution in [0.2, 0.25) is 0 Å². The van der Waals surface area contributed by atoms with Crippen molar-refractivity contribution in [3.05, 3.63) is 0 Å². The van der Waals surface area contributed by atoms with Gasteiger partial charge in [-0.2, -0.15) is 0 Å². The van der Waals surface area contributed by atoms with Crippen LogP contribution in [0.3, 0.4) is 0 Å². The molecule has 2 fully saturated rings. The first-order chi connectivity index (χ1) is 31.4. The summed E-state index contributed by atoms with van der Waals surface area (Å²) in [4.78, 5) is 85.8. The lowest BCUT2D eigenvalue weighted by atomic mass is 10.2. The maximum Gasteiger partial charge on any atom is 0.317 e. The van der Waals surface area contributed by atoms with Gasteiger partial charge in [-0.15, -0.1) is 0 Å². The predicted molar refractivity (Wildman–Crippen MR) is 235 cm³/mol. The molecule has 26 nitrogen and oxygen atoms in total. The van der Waals surface area contributed by atoms with Gasteiger partial charge in [0.1, 0.15) is 0 Å². The smallest absolute Gasteiger partial charge is 0.317 e. The minimum absolute atomic E-state index is 0.0609. The van der Waals surface area contributed by atoms with Gasteiger partial charge in [0, 0.05) is 137 Å². The molecule has 0 amide bonds. The summed E-state index contributed by atoms with van der Waals surface area (Å²) in [5.74, 6) is -6.37. The summed E-state index contributed by atoms with van der Waals surface area (Å²) in [6.07, 6.45) is -2.03. The van der Waals surface area contributed by atoms with Crippen LogP contribution in [0.1, 0.15) is 0 Å². The highest BCUT2D eigenvalue weighted by molar-refractivity contribution is 5.70. The number of aliphatic hydroxyl groups is 3. The lowest BCUT2D eigenvalue weighted by Gasteiger charge is -2.35. The Labute approximate surface area is 385 Å². The van der Waals surface area contributed by atoms with Crippen molar-refractivity contribution < 1.29 is 84.2 Å². The van der Waals surface area contributed by atoms with Crippen molar-refractivity contribution in [3.63, 3.8) is 0 Å². The van der Waals surface area contributed by atoms with Crippen LogP contribution in [-0.2, 0) is 38.2 Å². The van der Waals surface area contributed by atoms with Crippen LogP contribution in [0, 0.1) is 0 Å². The highest BCUT2D eigenvalue weighted by Gasteiger charge is 2.25. The Kier molecular flexibility index (Phi) is 29.8. The molecule has 9 N–H and O–H groups in total. The Bertz CT molecular complexity index is 1280. The molecule has 0 radical (unpaired) electrons. The first-order valence-electron chi connectivity index (χ1n) is 22.3. The van der Waals surface area contributed by atoms with Crippen LogP contribution in [0.5, 0.6) is 0 Å². The van der Waals surface area contributed by atoms with Gasteiger partial charge < -0.3 is 55.4 Å². The lowest BCUT2D eigenvalue weighted by molar-refractivity contribution is -0.140. The molecule has 0 bridgehead atoms. The Morgan fingerprint density at radius 3 is 0.833 bits per heavy atom. The summed E-state index contributed by atoms with van der Waals surface area (Å²) in [5, 5.41) is 89.6. The zero-order valence-electron chi connectivity index (χ0n) is 38.1. The molecule has 0 aromatic rings. The van der Waals surface area contributed by atoms with Crippen LogP contribution in [-0.4, -0.2) is 348 Å². The Morgan fingerprint density at radius 2 is 0.606 bits per heavy atom. The number of β-amino-alcohol motifs (C(OH)–C–C–N with tert-alkyl or cyclic N) is 2. The third-order valence-electron chi connectivity index (χ3n) is 11.0. The first kappa shape index (κ1) is 58.4. The van der Waals surface area contributed by atoms with E-state index in [0.717, 1.165) is 0 Å². The van der Waals surface area contributed by atoms with Crippen molar-refractivity contribution >= 4 is 35.8 Å². The molecule has 0 aromatic carbocycles. The third-order valence-corrected chi connectivity index (χ3v) is 11.0. The van der Waals surface area contributed by atoms with Gasteiger partial charge in [-0.25, -0.2) is 0 Å². The summed E-state index contributed by atoms with van der Waals surface area (Å²) in [6.45, 7) is 3.65. The van der Waals surface area contributed by atoms with Gasteiger partial charge in [0.2, 0.25) is 0 Å². The minimum Gasteiger partial charge on any atom is -0.480 e. The van der Waals surface area contributed by atoms with Crippen LogP contribution in [0.15, 0.2) is 0 Å². The third kappa shape index (κ3) is 29.1. The van der Waals surface area contributed by atoms with Crippen molar-refractivity contribution in [2.75, 3.05) is 210 Å². The van der Waals surface area contributed by atoms with E-state index in [-0.39, 0.29) is 184 Å². The number of rotatable bonds is 28.